The number of hydrogen-bond acceptors (Lipinski definition) is 5. The van der Waals surface area contributed by atoms with Crippen molar-refractivity contribution in [3.8, 4) is 0 Å². The maximum absolute atomic E-state index is 12.0. The van der Waals surface area contributed by atoms with Crippen LogP contribution in [0.3, 0.4) is 0 Å². The molecule has 0 heterocycles. The molecule has 0 spiro atoms. The summed E-state index contributed by atoms with van der Waals surface area (Å²) < 4.78 is 46.2. The molecule has 0 aromatic heterocycles. The average molecular weight is 362 g/mol. The van der Waals surface area contributed by atoms with Crippen molar-refractivity contribution >= 4 is 26.3 Å². The van der Waals surface area contributed by atoms with Crippen molar-refractivity contribution in [1.29, 1.82) is 0 Å². The van der Waals surface area contributed by atoms with Crippen molar-refractivity contribution in [3.05, 3.63) is 60.7 Å². The molecule has 2 atom stereocenters. The predicted octanol–water partition coefficient (Wildman–Crippen LogP) is 2.82. The molecule has 0 aliphatic heterocycles. The van der Waals surface area contributed by atoms with Crippen LogP contribution in [0.2, 0.25) is 0 Å². The van der Waals surface area contributed by atoms with Crippen LogP contribution in [0.25, 0.3) is 0 Å². The minimum Gasteiger partial charge on any atom is -0.219 e. The van der Waals surface area contributed by atoms with E-state index in [0.717, 1.165) is 0 Å². The Labute approximate surface area is 129 Å². The first-order valence-corrected chi connectivity index (χ1v) is 9.44. The van der Waals surface area contributed by atoms with E-state index < -0.39 is 26.3 Å². The summed E-state index contributed by atoms with van der Waals surface area (Å²) in [7, 11) is -9.19. The van der Waals surface area contributed by atoms with Crippen LogP contribution in [0, 0.1) is 0 Å². The molecule has 2 unspecified atom stereocenters. The summed E-state index contributed by atoms with van der Waals surface area (Å²) in [5.41, 5.74) is 0. The maximum Gasteiger partial charge on any atom is 0.745 e. The van der Waals surface area contributed by atoms with Gasteiger partial charge in [-0.25, -0.2) is 8.42 Å². The molecule has 0 saturated carbocycles. The molecular weight excluding hydrogens is 350 g/mol. The molecule has 0 bridgehead atoms. The third-order valence-corrected chi connectivity index (χ3v) is 5.15. The molecule has 116 valence electrons. The fraction of sp³-hybridized carbons (Fsp3) is 0. The first-order chi connectivity index (χ1) is 10.3. The fourth-order valence-corrected chi connectivity index (χ4v) is 3.18. The molecule has 0 fully saturated rings. The van der Waals surface area contributed by atoms with E-state index in [1.54, 1.807) is 60.7 Å². The van der Waals surface area contributed by atoms with Gasteiger partial charge in [-0.05, 0) is 24.3 Å². The van der Waals surface area contributed by atoms with Gasteiger partial charge in [0, 0.05) is 9.13 Å². The second-order valence-electron chi connectivity index (χ2n) is 3.69. The Morgan fingerprint density at radius 3 is 1.27 bits per heavy atom. The lowest BCUT2D eigenvalue weighted by atomic mass is 10.4. The Bertz CT molecular complexity index is 675. The van der Waals surface area contributed by atoms with E-state index in [1.165, 1.54) is 0 Å². The van der Waals surface area contributed by atoms with Crippen LogP contribution < -0.4 is 0 Å². The van der Waals surface area contributed by atoms with Gasteiger partial charge in [-0.3, -0.25) is 0 Å². The van der Waals surface area contributed by atoms with E-state index in [9.17, 15) is 17.5 Å². The highest BCUT2D eigenvalue weighted by molar-refractivity contribution is 7.91. The van der Waals surface area contributed by atoms with Gasteiger partial charge in [-0.1, -0.05) is 36.4 Å². The molecule has 0 aliphatic rings. The van der Waals surface area contributed by atoms with Crippen molar-refractivity contribution in [2.24, 2.45) is 0 Å². The lowest BCUT2D eigenvalue weighted by molar-refractivity contribution is 0.371. The molecule has 0 aliphatic carbocycles. The monoisotopic (exact) mass is 362 g/mol. The standard InChI is InChI=1S/C12H10O2S.O5P2/c13-15(14,11-7-3-1-4-8-11)12-9-5-2-6-10-12;1-6(2)5-7(3)4/h1-10H;/p+2. The molecule has 10 heteroatoms. The molecule has 0 radical (unpaired) electrons. The zero-order valence-electron chi connectivity index (χ0n) is 11.0. The number of benzene rings is 2. The zero-order valence-corrected chi connectivity index (χ0v) is 13.6. The minimum absolute atomic E-state index is 0.330. The van der Waals surface area contributed by atoms with E-state index >= 15 is 0 Å². The van der Waals surface area contributed by atoms with E-state index in [2.05, 4.69) is 4.31 Å². The first kappa shape index (κ1) is 18.5. The Kier molecular flexibility index (Phi) is 7.41. The topological polar surface area (TPSA) is 118 Å². The zero-order chi connectivity index (χ0) is 16.6. The van der Waals surface area contributed by atoms with E-state index in [4.69, 9.17) is 9.79 Å². The number of sulfone groups is 1. The highest BCUT2D eigenvalue weighted by Crippen LogP contribution is 2.30. The predicted molar refractivity (Wildman–Crippen MR) is 79.1 cm³/mol. The summed E-state index contributed by atoms with van der Waals surface area (Å²) in [4.78, 5) is 16.0. The van der Waals surface area contributed by atoms with Gasteiger partial charge in [-0.2, -0.15) is 0 Å². The van der Waals surface area contributed by atoms with Crippen molar-refractivity contribution < 1.29 is 31.6 Å². The van der Waals surface area contributed by atoms with Crippen LogP contribution in [-0.2, 0) is 23.3 Å². The van der Waals surface area contributed by atoms with Crippen LogP contribution in [0.5, 0.6) is 0 Å². The van der Waals surface area contributed by atoms with Crippen LogP contribution in [0.1, 0.15) is 0 Å². The van der Waals surface area contributed by atoms with Gasteiger partial charge in [0.15, 0.2) is 4.31 Å². The SMILES string of the molecule is O=S(=O)(c1ccccc1)c1ccccc1.O=[P+](O)O[P+](=O)O. The third kappa shape index (κ3) is 6.07. The average Bonchev–Trinajstić information content (AvgIpc) is 2.48. The second-order valence-corrected chi connectivity index (χ2v) is 7.24. The molecule has 0 amide bonds. The second kappa shape index (κ2) is 8.80. The first-order valence-electron chi connectivity index (χ1n) is 5.69. The van der Waals surface area contributed by atoms with E-state index in [0.29, 0.717) is 9.79 Å². The Balaban J connectivity index is 0.000000295. The molecule has 22 heavy (non-hydrogen) atoms. The quantitative estimate of drug-likeness (QED) is 0.803. The van der Waals surface area contributed by atoms with Crippen molar-refractivity contribution in [1.82, 2.24) is 0 Å². The van der Waals surface area contributed by atoms with Gasteiger partial charge < -0.3 is 0 Å². The molecule has 0 saturated heterocycles. The summed E-state index contributed by atoms with van der Waals surface area (Å²) >= 11 is 0. The van der Waals surface area contributed by atoms with Gasteiger partial charge in [-0.15, -0.1) is 9.79 Å². The molecule has 2 rings (SSSR count). The van der Waals surface area contributed by atoms with Crippen LogP contribution in [0.4, 0.5) is 0 Å². The summed E-state index contributed by atoms with van der Waals surface area (Å²) in [5.74, 6) is 0. The number of rotatable bonds is 4. The highest BCUT2D eigenvalue weighted by Gasteiger charge is 2.31. The normalized spacial score (nSPS) is 11.9. The van der Waals surface area contributed by atoms with Gasteiger partial charge >= 0.3 is 16.5 Å². The van der Waals surface area contributed by atoms with Crippen LogP contribution >= 0.6 is 16.5 Å². The summed E-state index contributed by atoms with van der Waals surface area (Å²) in [6.45, 7) is 0. The van der Waals surface area contributed by atoms with Crippen molar-refractivity contribution in [2.75, 3.05) is 0 Å². The lowest BCUT2D eigenvalue weighted by Crippen LogP contribution is -2.00. The third-order valence-electron chi connectivity index (χ3n) is 2.25. The highest BCUT2D eigenvalue weighted by atomic mass is 32.2. The fourth-order valence-electron chi connectivity index (χ4n) is 1.40. The largest absolute Gasteiger partial charge is 0.745 e. The van der Waals surface area contributed by atoms with Crippen molar-refractivity contribution in [2.45, 2.75) is 9.79 Å². The Hall–Kier alpha value is -1.53. The minimum atomic E-state index is -3.34. The van der Waals surface area contributed by atoms with Gasteiger partial charge in [0.25, 0.3) is 0 Å². The molecule has 7 nitrogen and oxygen atoms in total. The maximum atomic E-state index is 12.0. The van der Waals surface area contributed by atoms with Gasteiger partial charge in [0.1, 0.15) is 0 Å². The molecule has 2 aromatic rings. The Morgan fingerprint density at radius 2 is 1.05 bits per heavy atom. The van der Waals surface area contributed by atoms with E-state index in [-0.39, 0.29) is 0 Å². The van der Waals surface area contributed by atoms with Crippen LogP contribution in [-0.4, -0.2) is 18.2 Å². The smallest absolute Gasteiger partial charge is 0.219 e. The molecule has 2 aromatic carbocycles. The number of hydrogen-bond donors (Lipinski definition) is 2. The lowest BCUT2D eigenvalue weighted by Gasteiger charge is -2.03. The summed E-state index contributed by atoms with van der Waals surface area (Å²) in [6, 6.07) is 16.9. The van der Waals surface area contributed by atoms with Crippen LogP contribution in [0.15, 0.2) is 70.5 Å². The molecule has 2 N–H and O–H groups in total. The Morgan fingerprint density at radius 1 is 0.727 bits per heavy atom. The molecular formula is C12H12O7P2S+2. The summed E-state index contributed by atoms with van der Waals surface area (Å²) in [5, 5.41) is 0. The van der Waals surface area contributed by atoms with Gasteiger partial charge in [0.05, 0.1) is 9.79 Å². The van der Waals surface area contributed by atoms with Gasteiger partial charge in [0.2, 0.25) is 9.84 Å². The van der Waals surface area contributed by atoms with E-state index in [1.807, 2.05) is 0 Å². The van der Waals surface area contributed by atoms with Crippen molar-refractivity contribution in [3.63, 3.8) is 0 Å². The summed E-state index contributed by atoms with van der Waals surface area (Å²) in [6.07, 6.45) is 0.